The number of hydrogen-bond donors (Lipinski definition) is 3. The number of nitrogens with zero attached hydrogens (tertiary/aromatic N) is 6. The third-order valence-electron chi connectivity index (χ3n) is 5.63. The first-order valence-electron chi connectivity index (χ1n) is 11.9. The summed E-state index contributed by atoms with van der Waals surface area (Å²) >= 11 is 1.30. The van der Waals surface area contributed by atoms with Crippen LogP contribution in [0.3, 0.4) is 0 Å². The molecule has 1 aromatic carbocycles. The van der Waals surface area contributed by atoms with Crippen molar-refractivity contribution in [2.75, 3.05) is 47.9 Å². The smallest absolute Gasteiger partial charge is 0.261 e. The van der Waals surface area contributed by atoms with Gasteiger partial charge in [0.2, 0.25) is 17.8 Å². The highest BCUT2D eigenvalue weighted by Crippen LogP contribution is 2.22. The monoisotopic (exact) mass is 483 g/mol. The van der Waals surface area contributed by atoms with Gasteiger partial charge >= 0.3 is 0 Å². The second-order valence-electron chi connectivity index (χ2n) is 8.57. The van der Waals surface area contributed by atoms with Crippen molar-refractivity contribution < 1.29 is 4.79 Å². The van der Waals surface area contributed by atoms with Crippen molar-refractivity contribution in [3.63, 3.8) is 0 Å². The van der Waals surface area contributed by atoms with E-state index in [0.29, 0.717) is 35.9 Å². The minimum atomic E-state index is -0.102. The van der Waals surface area contributed by atoms with Gasteiger partial charge in [-0.2, -0.15) is 9.97 Å². The molecule has 34 heavy (non-hydrogen) atoms. The summed E-state index contributed by atoms with van der Waals surface area (Å²) < 4.78 is 1.73. The van der Waals surface area contributed by atoms with E-state index >= 15 is 0 Å². The van der Waals surface area contributed by atoms with Crippen molar-refractivity contribution in [1.29, 1.82) is 0 Å². The van der Waals surface area contributed by atoms with E-state index in [1.165, 1.54) is 30.2 Å². The topological polar surface area (TPSA) is 112 Å². The molecular formula is C23H33N9OS. The van der Waals surface area contributed by atoms with E-state index in [1.807, 2.05) is 26.0 Å². The molecule has 182 valence electrons. The number of rotatable bonds is 10. The molecule has 1 saturated heterocycles. The van der Waals surface area contributed by atoms with E-state index in [9.17, 15) is 4.79 Å². The van der Waals surface area contributed by atoms with Gasteiger partial charge in [-0.3, -0.25) is 9.69 Å². The standard InChI is InChI=1S/C23H33N9OS/c1-4-24-20-27-21(25-5-2)32-22(28-20)29-30-23(32)34-15-19(33)26-18-10-8-17(9-11-18)14-31-12-6-7-16(3)13-31/h8-11,16H,4-7,12-15H2,1-3H3,(H,26,33)(H2,24,25,27,28,29). The average molecular weight is 484 g/mol. The number of benzene rings is 1. The summed E-state index contributed by atoms with van der Waals surface area (Å²) in [7, 11) is 0. The molecule has 3 heterocycles. The zero-order chi connectivity index (χ0) is 23.9. The molecule has 1 aliphatic heterocycles. The van der Waals surface area contributed by atoms with Crippen LogP contribution < -0.4 is 16.0 Å². The number of thioether (sulfide) groups is 1. The number of fused-ring (bicyclic) bond motifs is 1. The zero-order valence-corrected chi connectivity index (χ0v) is 20.9. The maximum absolute atomic E-state index is 12.6. The third kappa shape index (κ3) is 6.15. The Morgan fingerprint density at radius 3 is 2.65 bits per heavy atom. The molecule has 4 rings (SSSR count). The molecule has 10 nitrogen and oxygen atoms in total. The van der Waals surface area contributed by atoms with Crippen LogP contribution in [0.5, 0.6) is 0 Å². The van der Waals surface area contributed by atoms with Gasteiger partial charge in [0.1, 0.15) is 0 Å². The van der Waals surface area contributed by atoms with E-state index in [2.05, 4.69) is 60.1 Å². The molecule has 0 aliphatic carbocycles. The Morgan fingerprint density at radius 1 is 1.12 bits per heavy atom. The van der Waals surface area contributed by atoms with E-state index in [-0.39, 0.29) is 11.7 Å². The SMILES string of the molecule is CCNc1nc(NCC)n2c(SCC(=O)Nc3ccc(CN4CCCC(C)C4)cc3)nnc2n1. The summed E-state index contributed by atoms with van der Waals surface area (Å²) in [6, 6.07) is 8.13. The van der Waals surface area contributed by atoms with Gasteiger partial charge in [0.05, 0.1) is 5.75 Å². The van der Waals surface area contributed by atoms with E-state index in [1.54, 1.807) is 4.40 Å². The largest absolute Gasteiger partial charge is 0.355 e. The number of aromatic nitrogens is 5. The number of carbonyl (C=O) groups is 1. The van der Waals surface area contributed by atoms with Gasteiger partial charge in [-0.15, -0.1) is 10.2 Å². The highest BCUT2D eigenvalue weighted by atomic mass is 32.2. The van der Waals surface area contributed by atoms with Crippen LogP contribution in [-0.2, 0) is 11.3 Å². The summed E-state index contributed by atoms with van der Waals surface area (Å²) in [5.74, 6) is 2.39. The molecule has 11 heteroatoms. The van der Waals surface area contributed by atoms with Gasteiger partial charge in [-0.1, -0.05) is 30.8 Å². The van der Waals surface area contributed by atoms with Crippen LogP contribution >= 0.6 is 11.8 Å². The lowest BCUT2D eigenvalue weighted by Gasteiger charge is -2.30. The summed E-state index contributed by atoms with van der Waals surface area (Å²) in [6.45, 7) is 11.0. The highest BCUT2D eigenvalue weighted by Gasteiger charge is 2.17. The predicted molar refractivity (Wildman–Crippen MR) is 136 cm³/mol. The number of piperidine rings is 1. The Balaban J connectivity index is 1.34. The first kappa shape index (κ1) is 24.2. The summed E-state index contributed by atoms with van der Waals surface area (Å²) in [4.78, 5) is 24.0. The predicted octanol–water partition coefficient (Wildman–Crippen LogP) is 3.35. The number of likely N-dealkylation sites (tertiary alicyclic amines) is 1. The van der Waals surface area contributed by atoms with Crippen LogP contribution in [0.2, 0.25) is 0 Å². The van der Waals surface area contributed by atoms with E-state index in [0.717, 1.165) is 31.2 Å². The van der Waals surface area contributed by atoms with Gasteiger partial charge < -0.3 is 16.0 Å². The fourth-order valence-corrected chi connectivity index (χ4v) is 4.83. The van der Waals surface area contributed by atoms with Gasteiger partial charge in [0.25, 0.3) is 5.78 Å². The Bertz CT molecular complexity index is 1100. The van der Waals surface area contributed by atoms with Crippen molar-refractivity contribution in [2.24, 2.45) is 5.92 Å². The lowest BCUT2D eigenvalue weighted by molar-refractivity contribution is -0.113. The highest BCUT2D eigenvalue weighted by molar-refractivity contribution is 7.99. The second kappa shape index (κ2) is 11.5. The average Bonchev–Trinajstić information content (AvgIpc) is 3.23. The van der Waals surface area contributed by atoms with Gasteiger partial charge in [0, 0.05) is 31.9 Å². The van der Waals surface area contributed by atoms with Gasteiger partial charge in [-0.25, -0.2) is 4.40 Å². The van der Waals surface area contributed by atoms with Crippen molar-refractivity contribution in [3.8, 4) is 0 Å². The minimum absolute atomic E-state index is 0.102. The number of nitrogens with one attached hydrogen (secondary N) is 3. The molecule has 0 radical (unpaired) electrons. The van der Waals surface area contributed by atoms with Crippen molar-refractivity contribution >= 4 is 41.0 Å². The van der Waals surface area contributed by atoms with Gasteiger partial charge in [0.15, 0.2) is 5.16 Å². The Morgan fingerprint density at radius 2 is 1.91 bits per heavy atom. The maximum Gasteiger partial charge on any atom is 0.261 e. The van der Waals surface area contributed by atoms with Crippen molar-refractivity contribution in [3.05, 3.63) is 29.8 Å². The first-order valence-corrected chi connectivity index (χ1v) is 12.9. The summed E-state index contributed by atoms with van der Waals surface area (Å²) in [5, 5.41) is 18.2. The molecule has 1 unspecified atom stereocenters. The second-order valence-corrected chi connectivity index (χ2v) is 9.51. The minimum Gasteiger partial charge on any atom is -0.355 e. The molecule has 1 aliphatic rings. The third-order valence-corrected chi connectivity index (χ3v) is 6.56. The van der Waals surface area contributed by atoms with E-state index in [4.69, 9.17) is 0 Å². The lowest BCUT2D eigenvalue weighted by atomic mass is 10.00. The van der Waals surface area contributed by atoms with Crippen LogP contribution in [0, 0.1) is 5.92 Å². The Hall–Kier alpha value is -2.92. The van der Waals surface area contributed by atoms with Crippen molar-refractivity contribution in [2.45, 2.75) is 45.3 Å². The molecule has 2 aromatic heterocycles. The maximum atomic E-state index is 12.6. The van der Waals surface area contributed by atoms with Crippen LogP contribution in [0.25, 0.3) is 5.78 Å². The molecule has 0 spiro atoms. The van der Waals surface area contributed by atoms with Crippen molar-refractivity contribution in [1.82, 2.24) is 29.5 Å². The molecule has 0 saturated carbocycles. The molecule has 0 bridgehead atoms. The Kier molecular flexibility index (Phi) is 8.17. The fraction of sp³-hybridized carbons (Fsp3) is 0.522. The quantitative estimate of drug-likeness (QED) is 0.374. The molecule has 1 fully saturated rings. The number of carbonyl (C=O) groups excluding carboxylic acids is 1. The van der Waals surface area contributed by atoms with Gasteiger partial charge in [-0.05, 0) is 56.8 Å². The number of amides is 1. The molecule has 3 N–H and O–H groups in total. The van der Waals surface area contributed by atoms with E-state index < -0.39 is 0 Å². The lowest BCUT2D eigenvalue weighted by Crippen LogP contribution is -2.33. The Labute approximate surface area is 204 Å². The van der Waals surface area contributed by atoms with Crippen LogP contribution in [0.15, 0.2) is 29.4 Å². The van der Waals surface area contributed by atoms with Crippen LogP contribution in [0.1, 0.15) is 39.2 Å². The number of hydrogen-bond acceptors (Lipinski definition) is 9. The van der Waals surface area contributed by atoms with Crippen LogP contribution in [-0.4, -0.2) is 67.3 Å². The molecule has 1 amide bonds. The molecular weight excluding hydrogens is 450 g/mol. The number of anilines is 3. The van der Waals surface area contributed by atoms with Crippen LogP contribution in [0.4, 0.5) is 17.6 Å². The fourth-order valence-electron chi connectivity index (χ4n) is 4.11. The first-order chi connectivity index (χ1) is 16.6. The normalized spacial score (nSPS) is 16.5. The molecule has 1 atom stereocenters. The summed E-state index contributed by atoms with van der Waals surface area (Å²) in [6.07, 6.45) is 2.60. The summed E-state index contributed by atoms with van der Waals surface area (Å²) in [5.41, 5.74) is 2.06. The zero-order valence-electron chi connectivity index (χ0n) is 20.0. The molecule has 3 aromatic rings.